The minimum atomic E-state index is -0.216. The van der Waals surface area contributed by atoms with Crippen molar-refractivity contribution in [2.75, 3.05) is 10.2 Å². The summed E-state index contributed by atoms with van der Waals surface area (Å²) in [6.07, 6.45) is 5.21. The third kappa shape index (κ3) is 4.65. The molecule has 5 aromatic rings. The Morgan fingerprint density at radius 3 is 2.43 bits per heavy atom. The van der Waals surface area contributed by atoms with E-state index in [1.807, 2.05) is 60.1 Å². The smallest absolute Gasteiger partial charge is 0.179 e. The molecule has 7 nitrogen and oxygen atoms in total. The molecule has 2 aromatic heterocycles. The first-order valence-electron chi connectivity index (χ1n) is 14.3. The third-order valence-electron chi connectivity index (χ3n) is 7.73. The largest absolute Gasteiger partial charge is 0.337 e. The van der Waals surface area contributed by atoms with Crippen molar-refractivity contribution in [3.8, 4) is 5.82 Å². The van der Waals surface area contributed by atoms with E-state index in [-0.39, 0.29) is 6.04 Å². The van der Waals surface area contributed by atoms with E-state index in [0.717, 1.165) is 46.1 Å². The number of nitrogens with one attached hydrogen (secondary N) is 1. The van der Waals surface area contributed by atoms with Crippen molar-refractivity contribution in [1.82, 2.24) is 14.8 Å². The van der Waals surface area contributed by atoms with Gasteiger partial charge in [0.2, 0.25) is 0 Å². The number of anilines is 2. The maximum absolute atomic E-state index is 6.35. The molecule has 0 saturated heterocycles. The van der Waals surface area contributed by atoms with Gasteiger partial charge in [0.1, 0.15) is 0 Å². The Bertz CT molecular complexity index is 1810. The van der Waals surface area contributed by atoms with Gasteiger partial charge in [0.05, 0.1) is 23.1 Å². The number of halogens is 1. The molecule has 7 rings (SSSR count). The second-order valence-electron chi connectivity index (χ2n) is 10.6. The number of aryl methyl sites for hydroxylation is 2. The number of para-hydroxylation sites is 2. The van der Waals surface area contributed by atoms with Crippen LogP contribution in [0.15, 0.2) is 107 Å². The van der Waals surface area contributed by atoms with Crippen molar-refractivity contribution < 1.29 is 0 Å². The summed E-state index contributed by atoms with van der Waals surface area (Å²) in [5.41, 5.74) is 7.12. The molecule has 0 radical (unpaired) electrons. The van der Waals surface area contributed by atoms with Crippen LogP contribution in [0.2, 0.25) is 5.02 Å². The van der Waals surface area contributed by atoms with Crippen LogP contribution >= 0.6 is 11.6 Å². The highest BCUT2D eigenvalue weighted by Crippen LogP contribution is 2.48. The highest BCUT2D eigenvalue weighted by Gasteiger charge is 2.41. The number of aromatic nitrogens is 3. The fourth-order valence-corrected chi connectivity index (χ4v) is 5.80. The van der Waals surface area contributed by atoms with Gasteiger partial charge < -0.3 is 10.2 Å². The molecule has 0 saturated carbocycles. The van der Waals surface area contributed by atoms with Crippen molar-refractivity contribution in [2.45, 2.75) is 39.2 Å². The molecule has 208 valence electrons. The van der Waals surface area contributed by atoms with Gasteiger partial charge in [-0.15, -0.1) is 0 Å². The molecule has 0 amide bonds. The first kappa shape index (κ1) is 26.2. The Kier molecular flexibility index (Phi) is 6.80. The lowest BCUT2D eigenvalue weighted by Gasteiger charge is -2.40. The molecule has 0 unspecified atom stereocenters. The molecule has 2 aliphatic rings. The monoisotopic (exact) mass is 571 g/mol. The van der Waals surface area contributed by atoms with E-state index in [4.69, 9.17) is 26.7 Å². The quantitative estimate of drug-likeness (QED) is 0.222. The van der Waals surface area contributed by atoms with Gasteiger partial charge >= 0.3 is 0 Å². The molecule has 42 heavy (non-hydrogen) atoms. The molecule has 2 aliphatic heterocycles. The normalized spacial score (nSPS) is 15.3. The van der Waals surface area contributed by atoms with Gasteiger partial charge in [-0.05, 0) is 79.4 Å². The van der Waals surface area contributed by atoms with Crippen LogP contribution in [0.4, 0.5) is 22.9 Å². The molecule has 1 atom stereocenters. The Morgan fingerprint density at radius 2 is 1.67 bits per heavy atom. The summed E-state index contributed by atoms with van der Waals surface area (Å²) in [4.78, 5) is 17.2. The average Bonchev–Trinajstić information content (AvgIpc) is 3.36. The molecule has 3 aromatic carbocycles. The van der Waals surface area contributed by atoms with E-state index >= 15 is 0 Å². The predicted molar refractivity (Wildman–Crippen MR) is 171 cm³/mol. The van der Waals surface area contributed by atoms with Crippen LogP contribution in [0, 0.1) is 6.92 Å². The number of nitrogens with zero attached hydrogens (tertiary/aromatic N) is 6. The summed E-state index contributed by atoms with van der Waals surface area (Å²) in [6.45, 7) is 4.25. The van der Waals surface area contributed by atoms with E-state index < -0.39 is 0 Å². The number of hydrogen-bond donors (Lipinski definition) is 1. The second kappa shape index (κ2) is 10.9. The van der Waals surface area contributed by atoms with Gasteiger partial charge in [0, 0.05) is 22.5 Å². The maximum atomic E-state index is 6.35. The Balaban J connectivity index is 1.41. The summed E-state index contributed by atoms with van der Waals surface area (Å²) < 4.78 is 1.83. The average molecular weight is 572 g/mol. The maximum Gasteiger partial charge on any atom is 0.179 e. The summed E-state index contributed by atoms with van der Waals surface area (Å²) >= 11 is 6.35. The molecule has 0 fully saturated rings. The van der Waals surface area contributed by atoms with Crippen LogP contribution in [-0.2, 0) is 6.42 Å². The molecule has 0 bridgehead atoms. The van der Waals surface area contributed by atoms with Gasteiger partial charge in [-0.3, -0.25) is 0 Å². The summed E-state index contributed by atoms with van der Waals surface area (Å²) in [6, 6.07) is 30.4. The van der Waals surface area contributed by atoms with E-state index in [0.29, 0.717) is 22.5 Å². The van der Waals surface area contributed by atoms with Gasteiger partial charge in [0.15, 0.2) is 23.3 Å². The van der Waals surface area contributed by atoms with Crippen LogP contribution in [0.25, 0.3) is 5.82 Å². The first-order chi connectivity index (χ1) is 20.6. The molecule has 0 aliphatic carbocycles. The Morgan fingerprint density at radius 1 is 0.881 bits per heavy atom. The number of pyridine rings is 1. The highest BCUT2D eigenvalue weighted by molar-refractivity contribution is 6.51. The zero-order chi connectivity index (χ0) is 28.6. The lowest BCUT2D eigenvalue weighted by Crippen LogP contribution is -2.46. The molecule has 4 heterocycles. The van der Waals surface area contributed by atoms with Crippen LogP contribution in [0.3, 0.4) is 0 Å². The van der Waals surface area contributed by atoms with Gasteiger partial charge in [-0.2, -0.15) is 9.78 Å². The van der Waals surface area contributed by atoms with E-state index in [9.17, 15) is 0 Å². The van der Waals surface area contributed by atoms with Crippen LogP contribution in [-0.4, -0.2) is 26.4 Å². The van der Waals surface area contributed by atoms with E-state index in [2.05, 4.69) is 64.6 Å². The number of amidine groups is 2. The predicted octanol–water partition coefficient (Wildman–Crippen LogP) is 8.37. The van der Waals surface area contributed by atoms with E-state index in [1.165, 1.54) is 18.4 Å². The standard InChI is InChI=1S/C34H30ClN7/c1-3-4-9-23-13-19-26(20-14-23)37-32-34-39-33-30(22(2)40-42(33)29-12-7-8-21-36-29)31(24-15-17-25(35)18-16-24)41(34)28-11-6-5-10-27(28)38-32/h5-8,10-21,31H,3-4,9H2,1-2H3,(H,37,38)/t31-/m0/s1. The minimum absolute atomic E-state index is 0.216. The number of rotatable bonds is 6. The number of unbranched alkanes of at least 4 members (excludes halogenated alkanes) is 1. The van der Waals surface area contributed by atoms with Crippen molar-refractivity contribution in [1.29, 1.82) is 0 Å². The molecule has 0 spiro atoms. The second-order valence-corrected chi connectivity index (χ2v) is 11.0. The number of fused-ring (bicyclic) bond motifs is 4. The Hall–Kier alpha value is -4.75. The lowest BCUT2D eigenvalue weighted by molar-refractivity contribution is 0.795. The highest BCUT2D eigenvalue weighted by atomic mass is 35.5. The topological polar surface area (TPSA) is 70.7 Å². The summed E-state index contributed by atoms with van der Waals surface area (Å²) in [7, 11) is 0. The fourth-order valence-electron chi connectivity index (χ4n) is 5.67. The lowest BCUT2D eigenvalue weighted by atomic mass is 9.93. The number of benzene rings is 3. The third-order valence-corrected chi connectivity index (χ3v) is 7.98. The minimum Gasteiger partial charge on any atom is -0.337 e. The summed E-state index contributed by atoms with van der Waals surface area (Å²) in [5.74, 6) is 2.83. The zero-order valence-electron chi connectivity index (χ0n) is 23.5. The van der Waals surface area contributed by atoms with Crippen LogP contribution < -0.4 is 10.2 Å². The van der Waals surface area contributed by atoms with Crippen molar-refractivity contribution in [2.24, 2.45) is 9.98 Å². The van der Waals surface area contributed by atoms with Gasteiger partial charge in [-0.1, -0.05) is 67.4 Å². The van der Waals surface area contributed by atoms with Crippen molar-refractivity contribution >= 4 is 46.2 Å². The molecule has 8 heteroatoms. The van der Waals surface area contributed by atoms with Gasteiger partial charge in [0.25, 0.3) is 0 Å². The Labute approximate surface area is 250 Å². The fraction of sp³-hybridized carbons (Fsp3) is 0.176. The van der Waals surface area contributed by atoms with Crippen LogP contribution in [0.1, 0.15) is 48.2 Å². The number of hydrogen-bond acceptors (Lipinski definition) is 6. The SMILES string of the molecule is CCCCc1ccc(NC2=Nc3ccccc3N3C2=Nc2c(c(C)nn2-c2ccccn2)[C@@H]3c2ccc(Cl)cc2)cc1. The summed E-state index contributed by atoms with van der Waals surface area (Å²) in [5, 5.41) is 9.23. The molecule has 1 N–H and O–H groups in total. The number of aliphatic imine (C=N–C) groups is 2. The van der Waals surface area contributed by atoms with Gasteiger partial charge in [-0.25, -0.2) is 15.0 Å². The van der Waals surface area contributed by atoms with E-state index in [1.54, 1.807) is 6.20 Å². The first-order valence-corrected chi connectivity index (χ1v) is 14.7. The van der Waals surface area contributed by atoms with Crippen molar-refractivity contribution in [3.05, 3.63) is 125 Å². The molecular weight excluding hydrogens is 542 g/mol. The molecular formula is C34H30ClN7. The zero-order valence-corrected chi connectivity index (χ0v) is 24.3. The van der Waals surface area contributed by atoms with Crippen molar-refractivity contribution in [3.63, 3.8) is 0 Å². The van der Waals surface area contributed by atoms with Crippen LogP contribution in [0.5, 0.6) is 0 Å².